The Morgan fingerprint density at radius 1 is 1.39 bits per heavy atom. The van der Waals surface area contributed by atoms with Crippen molar-refractivity contribution in [1.29, 1.82) is 0 Å². The van der Waals surface area contributed by atoms with Crippen LogP contribution in [-0.4, -0.2) is 48.9 Å². The second-order valence-corrected chi connectivity index (χ2v) is 6.98. The van der Waals surface area contributed by atoms with Gasteiger partial charge in [-0.2, -0.15) is 4.72 Å². The van der Waals surface area contributed by atoms with Crippen LogP contribution in [0.1, 0.15) is 19.8 Å². The number of nitrogens with one attached hydrogen (secondary N) is 1. The smallest absolute Gasteiger partial charge is 0.326 e. The van der Waals surface area contributed by atoms with Gasteiger partial charge in [-0.1, -0.05) is 12.1 Å². The Hall–Kier alpha value is -2.00. The molecule has 1 saturated heterocycles. The molecule has 0 saturated carbocycles. The molecule has 0 spiro atoms. The van der Waals surface area contributed by atoms with Gasteiger partial charge in [0.25, 0.3) is 0 Å². The average molecular weight is 344 g/mol. The van der Waals surface area contributed by atoms with Crippen molar-refractivity contribution < 1.29 is 27.5 Å². The molecule has 1 aliphatic rings. The van der Waals surface area contributed by atoms with E-state index in [0.717, 1.165) is 17.0 Å². The molecule has 1 amide bonds. The quantitative estimate of drug-likeness (QED) is 0.813. The summed E-state index contributed by atoms with van der Waals surface area (Å²) in [5, 5.41) is 9.08. The normalized spacial score (nSPS) is 19.6. The molecule has 7 nitrogen and oxygen atoms in total. The van der Waals surface area contributed by atoms with E-state index < -0.39 is 44.7 Å². The number of carbonyl (C=O) groups excluding carboxylic acids is 1. The number of nitrogens with zero attached hydrogens (tertiary/aromatic N) is 1. The second-order valence-electron chi connectivity index (χ2n) is 5.30. The Kier molecular flexibility index (Phi) is 5.00. The van der Waals surface area contributed by atoms with Gasteiger partial charge < -0.3 is 10.0 Å². The minimum absolute atomic E-state index is 0.252. The van der Waals surface area contributed by atoms with Crippen LogP contribution >= 0.6 is 0 Å². The lowest BCUT2D eigenvalue weighted by Gasteiger charge is -2.25. The van der Waals surface area contributed by atoms with E-state index in [0.29, 0.717) is 12.8 Å². The molecular weight excluding hydrogens is 327 g/mol. The maximum Gasteiger partial charge on any atom is 0.326 e. The zero-order chi connectivity index (χ0) is 17.2. The van der Waals surface area contributed by atoms with E-state index in [9.17, 15) is 22.4 Å². The molecule has 126 valence electrons. The lowest BCUT2D eigenvalue weighted by Crippen LogP contribution is -2.50. The number of halogens is 1. The minimum atomic E-state index is -4.22. The van der Waals surface area contributed by atoms with Crippen LogP contribution in [0.2, 0.25) is 0 Å². The van der Waals surface area contributed by atoms with Gasteiger partial charge in [0.15, 0.2) is 0 Å². The molecule has 2 unspecified atom stereocenters. The molecule has 1 fully saturated rings. The molecule has 23 heavy (non-hydrogen) atoms. The third kappa shape index (κ3) is 3.67. The van der Waals surface area contributed by atoms with Crippen LogP contribution in [0.25, 0.3) is 0 Å². The summed E-state index contributed by atoms with van der Waals surface area (Å²) < 4.78 is 40.0. The van der Waals surface area contributed by atoms with E-state index in [1.165, 1.54) is 19.1 Å². The predicted molar refractivity (Wildman–Crippen MR) is 78.6 cm³/mol. The Bertz CT molecular complexity index is 722. The predicted octanol–water partition coefficient (Wildman–Crippen LogP) is 0.568. The summed E-state index contributed by atoms with van der Waals surface area (Å²) >= 11 is 0. The van der Waals surface area contributed by atoms with Gasteiger partial charge >= 0.3 is 5.97 Å². The first kappa shape index (κ1) is 17.4. The highest BCUT2D eigenvalue weighted by atomic mass is 32.2. The van der Waals surface area contributed by atoms with Gasteiger partial charge in [-0.05, 0) is 31.9 Å². The summed E-state index contributed by atoms with van der Waals surface area (Å²) in [5.41, 5.74) is 0. The fourth-order valence-electron chi connectivity index (χ4n) is 2.55. The number of amides is 1. The third-order valence-corrected chi connectivity index (χ3v) is 5.22. The highest BCUT2D eigenvalue weighted by Crippen LogP contribution is 2.19. The first-order chi connectivity index (χ1) is 10.7. The molecule has 1 aliphatic heterocycles. The summed E-state index contributed by atoms with van der Waals surface area (Å²) in [4.78, 5) is 24.0. The van der Waals surface area contributed by atoms with Crippen LogP contribution in [0.15, 0.2) is 29.2 Å². The summed E-state index contributed by atoms with van der Waals surface area (Å²) in [6, 6.07) is 2.66. The van der Waals surface area contributed by atoms with Crippen molar-refractivity contribution in [3.05, 3.63) is 30.1 Å². The lowest BCUT2D eigenvalue weighted by atomic mass is 10.2. The van der Waals surface area contributed by atoms with Crippen LogP contribution in [0, 0.1) is 5.82 Å². The van der Waals surface area contributed by atoms with Crippen molar-refractivity contribution in [1.82, 2.24) is 9.62 Å². The number of sulfonamides is 1. The van der Waals surface area contributed by atoms with Gasteiger partial charge in [0.2, 0.25) is 15.9 Å². The topological polar surface area (TPSA) is 104 Å². The molecular formula is C14H17FN2O5S. The zero-order valence-electron chi connectivity index (χ0n) is 12.4. The van der Waals surface area contributed by atoms with E-state index in [1.807, 2.05) is 0 Å². The number of likely N-dealkylation sites (tertiary alicyclic amines) is 1. The maximum atomic E-state index is 13.6. The van der Waals surface area contributed by atoms with Crippen LogP contribution in [0.4, 0.5) is 4.39 Å². The highest BCUT2D eigenvalue weighted by molar-refractivity contribution is 7.89. The largest absolute Gasteiger partial charge is 0.480 e. The fourth-order valence-corrected chi connectivity index (χ4v) is 3.82. The summed E-state index contributed by atoms with van der Waals surface area (Å²) in [6.45, 7) is 1.56. The van der Waals surface area contributed by atoms with E-state index in [-0.39, 0.29) is 6.54 Å². The van der Waals surface area contributed by atoms with Gasteiger partial charge in [-0.15, -0.1) is 0 Å². The summed E-state index contributed by atoms with van der Waals surface area (Å²) in [7, 11) is -4.22. The van der Waals surface area contributed by atoms with Crippen molar-refractivity contribution in [2.24, 2.45) is 0 Å². The lowest BCUT2D eigenvalue weighted by molar-refractivity contribution is -0.148. The molecule has 0 aromatic heterocycles. The maximum absolute atomic E-state index is 13.6. The molecule has 2 N–H and O–H groups in total. The highest BCUT2D eigenvalue weighted by Gasteiger charge is 2.37. The van der Waals surface area contributed by atoms with Crippen molar-refractivity contribution >= 4 is 21.9 Å². The molecule has 2 atom stereocenters. The first-order valence-electron chi connectivity index (χ1n) is 7.04. The van der Waals surface area contributed by atoms with Crippen LogP contribution in [-0.2, 0) is 19.6 Å². The van der Waals surface area contributed by atoms with Gasteiger partial charge in [0, 0.05) is 6.54 Å². The Labute approximate surface area is 133 Å². The molecule has 0 aliphatic carbocycles. The second kappa shape index (κ2) is 6.63. The number of benzene rings is 1. The van der Waals surface area contributed by atoms with Crippen LogP contribution in [0.5, 0.6) is 0 Å². The van der Waals surface area contributed by atoms with Crippen molar-refractivity contribution in [3.8, 4) is 0 Å². The van der Waals surface area contributed by atoms with Gasteiger partial charge in [0.1, 0.15) is 16.8 Å². The number of carboxylic acid groups (broad SMARTS) is 1. The molecule has 2 rings (SSSR count). The Morgan fingerprint density at radius 3 is 2.65 bits per heavy atom. The van der Waals surface area contributed by atoms with E-state index in [2.05, 4.69) is 4.72 Å². The van der Waals surface area contributed by atoms with Crippen molar-refractivity contribution in [2.75, 3.05) is 6.54 Å². The number of rotatable bonds is 5. The molecule has 0 bridgehead atoms. The van der Waals surface area contributed by atoms with Crippen molar-refractivity contribution in [3.63, 3.8) is 0 Å². The first-order valence-corrected chi connectivity index (χ1v) is 8.52. The zero-order valence-corrected chi connectivity index (χ0v) is 13.2. The molecule has 1 aromatic rings. The standard InChI is InChI=1S/C14H17FN2O5S/c1-9(13(18)17-8-4-6-11(17)14(19)20)16-23(21,22)12-7-3-2-5-10(12)15/h2-3,5,7,9,11,16H,4,6,8H2,1H3,(H,19,20). The summed E-state index contributed by atoms with van der Waals surface area (Å²) in [6.07, 6.45) is 0.864. The van der Waals surface area contributed by atoms with Crippen molar-refractivity contribution in [2.45, 2.75) is 36.7 Å². The number of hydrogen-bond donors (Lipinski definition) is 2. The van der Waals surface area contributed by atoms with E-state index in [4.69, 9.17) is 5.11 Å². The van der Waals surface area contributed by atoms with Gasteiger partial charge in [0.05, 0.1) is 6.04 Å². The third-order valence-electron chi connectivity index (χ3n) is 3.65. The van der Waals surface area contributed by atoms with Crippen LogP contribution < -0.4 is 4.72 Å². The van der Waals surface area contributed by atoms with Gasteiger partial charge in [-0.25, -0.2) is 17.6 Å². The monoisotopic (exact) mass is 344 g/mol. The van der Waals surface area contributed by atoms with Gasteiger partial charge in [-0.3, -0.25) is 4.79 Å². The van der Waals surface area contributed by atoms with E-state index >= 15 is 0 Å². The van der Waals surface area contributed by atoms with E-state index in [1.54, 1.807) is 0 Å². The molecule has 1 heterocycles. The minimum Gasteiger partial charge on any atom is -0.480 e. The SMILES string of the molecule is CC(NS(=O)(=O)c1ccccc1F)C(=O)N1CCCC1C(=O)O. The molecule has 0 radical (unpaired) electrons. The number of aliphatic carboxylic acids is 1. The number of carboxylic acids is 1. The number of hydrogen-bond acceptors (Lipinski definition) is 4. The summed E-state index contributed by atoms with van der Waals surface area (Å²) in [5.74, 6) is -2.70. The average Bonchev–Trinajstić information content (AvgIpc) is 2.95. The Morgan fingerprint density at radius 2 is 2.04 bits per heavy atom. The Balaban J connectivity index is 2.15. The molecule has 9 heteroatoms. The number of carbonyl (C=O) groups is 2. The van der Waals surface area contributed by atoms with Crippen LogP contribution in [0.3, 0.4) is 0 Å². The molecule has 1 aromatic carbocycles. The fraction of sp³-hybridized carbons (Fsp3) is 0.429.